The molecule has 24 heavy (non-hydrogen) atoms. The van der Waals surface area contributed by atoms with Crippen LogP contribution in [0.3, 0.4) is 0 Å². The van der Waals surface area contributed by atoms with Gasteiger partial charge in [0.25, 0.3) is 0 Å². The van der Waals surface area contributed by atoms with Crippen LogP contribution >= 0.6 is 0 Å². The van der Waals surface area contributed by atoms with E-state index in [9.17, 15) is 0 Å². The van der Waals surface area contributed by atoms with Gasteiger partial charge in [-0.05, 0) is 23.3 Å². The van der Waals surface area contributed by atoms with Crippen LogP contribution in [0.5, 0.6) is 5.75 Å². The first-order chi connectivity index (χ1) is 11.8. The zero-order valence-electron chi connectivity index (χ0n) is 14.1. The molecule has 2 heteroatoms. The normalized spacial score (nSPS) is 10.9. The minimum Gasteiger partial charge on any atom is -0.490 e. The molecule has 0 fully saturated rings. The minimum absolute atomic E-state index is 0.534. The first-order valence-electron chi connectivity index (χ1n) is 8.19. The van der Waals surface area contributed by atoms with Crippen molar-refractivity contribution >= 4 is 6.08 Å². The second kappa shape index (κ2) is 10.2. The van der Waals surface area contributed by atoms with Gasteiger partial charge in [-0.1, -0.05) is 73.3 Å². The van der Waals surface area contributed by atoms with E-state index in [0.717, 1.165) is 25.4 Å². The molecule has 0 amide bonds. The molecule has 2 aromatic rings. The van der Waals surface area contributed by atoms with Crippen molar-refractivity contribution in [2.75, 3.05) is 19.7 Å². The fourth-order valence-electron chi connectivity index (χ4n) is 2.39. The lowest BCUT2D eigenvalue weighted by Gasteiger charge is -2.19. The molecule has 2 rings (SSSR count). The standard InChI is InChI=1S/C22H25NO/c1-3-16-23(17-8-11-20-9-6-5-7-10-20)19-21-12-14-22(15-13-21)24-18-4-2/h3-15H,1-2,16-19H2/b11-8+. The molecule has 0 saturated carbocycles. The smallest absolute Gasteiger partial charge is 0.119 e. The molecule has 0 aliphatic rings. The lowest BCUT2D eigenvalue weighted by atomic mass is 10.2. The maximum absolute atomic E-state index is 5.52. The van der Waals surface area contributed by atoms with E-state index in [0.29, 0.717) is 6.61 Å². The van der Waals surface area contributed by atoms with Gasteiger partial charge in [0.2, 0.25) is 0 Å². The molecule has 0 aromatic heterocycles. The number of rotatable bonds is 10. The molecule has 0 radical (unpaired) electrons. The first kappa shape index (κ1) is 17.8. The third kappa shape index (κ3) is 6.27. The van der Waals surface area contributed by atoms with Crippen LogP contribution in [0.25, 0.3) is 6.08 Å². The van der Waals surface area contributed by atoms with Crippen molar-refractivity contribution in [2.45, 2.75) is 6.54 Å². The summed E-state index contributed by atoms with van der Waals surface area (Å²) in [7, 11) is 0. The summed E-state index contributed by atoms with van der Waals surface area (Å²) in [6.07, 6.45) is 8.04. The molecule has 124 valence electrons. The van der Waals surface area contributed by atoms with Crippen LogP contribution in [0, 0.1) is 0 Å². The summed E-state index contributed by atoms with van der Waals surface area (Å²) in [5.41, 5.74) is 2.48. The molecule has 0 aliphatic heterocycles. The van der Waals surface area contributed by atoms with Gasteiger partial charge in [0.05, 0.1) is 0 Å². The molecule has 0 bridgehead atoms. The fourth-order valence-corrected chi connectivity index (χ4v) is 2.39. The Labute approximate surface area is 145 Å². The van der Waals surface area contributed by atoms with Crippen molar-refractivity contribution in [1.29, 1.82) is 0 Å². The highest BCUT2D eigenvalue weighted by Gasteiger charge is 2.03. The molecule has 0 atom stereocenters. The zero-order valence-corrected chi connectivity index (χ0v) is 14.1. The largest absolute Gasteiger partial charge is 0.490 e. The second-order valence-electron chi connectivity index (χ2n) is 5.54. The van der Waals surface area contributed by atoms with Gasteiger partial charge in [0.1, 0.15) is 12.4 Å². The van der Waals surface area contributed by atoms with Crippen molar-refractivity contribution in [3.05, 3.63) is 97.1 Å². The van der Waals surface area contributed by atoms with Crippen LogP contribution in [-0.2, 0) is 6.54 Å². The van der Waals surface area contributed by atoms with Crippen molar-refractivity contribution < 1.29 is 4.74 Å². The lowest BCUT2D eigenvalue weighted by Crippen LogP contribution is -2.23. The van der Waals surface area contributed by atoms with Crippen molar-refractivity contribution in [1.82, 2.24) is 4.90 Å². The topological polar surface area (TPSA) is 12.5 Å². The molecule has 0 unspecified atom stereocenters. The van der Waals surface area contributed by atoms with Gasteiger partial charge in [-0.3, -0.25) is 4.90 Å². The predicted octanol–water partition coefficient (Wildman–Crippen LogP) is 4.95. The molecule has 2 nitrogen and oxygen atoms in total. The van der Waals surface area contributed by atoms with Crippen molar-refractivity contribution in [2.24, 2.45) is 0 Å². The Morgan fingerprint density at radius 3 is 2.29 bits per heavy atom. The summed E-state index contributed by atoms with van der Waals surface area (Å²) < 4.78 is 5.52. The molecule has 0 N–H and O–H groups in total. The van der Waals surface area contributed by atoms with E-state index >= 15 is 0 Å². The van der Waals surface area contributed by atoms with E-state index in [1.165, 1.54) is 11.1 Å². The molecule has 2 aromatic carbocycles. The van der Waals surface area contributed by atoms with Crippen LogP contribution < -0.4 is 4.74 Å². The molecular formula is C22H25NO. The van der Waals surface area contributed by atoms with Gasteiger partial charge < -0.3 is 4.74 Å². The summed E-state index contributed by atoms with van der Waals surface area (Å²) in [4.78, 5) is 2.34. The number of nitrogens with zero attached hydrogens (tertiary/aromatic N) is 1. The average Bonchev–Trinajstić information content (AvgIpc) is 2.62. The first-order valence-corrected chi connectivity index (χ1v) is 8.19. The summed E-state index contributed by atoms with van der Waals surface area (Å²) in [5, 5.41) is 0. The molecule has 0 aliphatic carbocycles. The van der Waals surface area contributed by atoms with E-state index in [2.05, 4.69) is 66.6 Å². The molecule has 0 spiro atoms. The maximum Gasteiger partial charge on any atom is 0.119 e. The van der Waals surface area contributed by atoms with Gasteiger partial charge in [0.15, 0.2) is 0 Å². The monoisotopic (exact) mass is 319 g/mol. The number of benzene rings is 2. The Hall–Kier alpha value is -2.58. The van der Waals surface area contributed by atoms with Crippen LogP contribution in [0.4, 0.5) is 0 Å². The van der Waals surface area contributed by atoms with E-state index in [1.807, 2.05) is 24.3 Å². The van der Waals surface area contributed by atoms with E-state index in [4.69, 9.17) is 4.74 Å². The van der Waals surface area contributed by atoms with Crippen molar-refractivity contribution in [3.63, 3.8) is 0 Å². The maximum atomic E-state index is 5.52. The zero-order chi connectivity index (χ0) is 17.0. The minimum atomic E-state index is 0.534. The van der Waals surface area contributed by atoms with Gasteiger partial charge in [-0.2, -0.15) is 0 Å². The highest BCUT2D eigenvalue weighted by molar-refractivity contribution is 5.48. The summed E-state index contributed by atoms with van der Waals surface area (Å²) in [6.45, 7) is 10.7. The second-order valence-corrected chi connectivity index (χ2v) is 5.54. The number of ether oxygens (including phenoxy) is 1. The third-order valence-electron chi connectivity index (χ3n) is 3.56. The van der Waals surface area contributed by atoms with Crippen LogP contribution in [-0.4, -0.2) is 24.6 Å². The Balaban J connectivity index is 1.91. The van der Waals surface area contributed by atoms with E-state index in [1.54, 1.807) is 6.08 Å². The lowest BCUT2D eigenvalue weighted by molar-refractivity contribution is 0.327. The molecule has 0 heterocycles. The van der Waals surface area contributed by atoms with Gasteiger partial charge >= 0.3 is 0 Å². The van der Waals surface area contributed by atoms with E-state index < -0.39 is 0 Å². The van der Waals surface area contributed by atoms with Gasteiger partial charge in [-0.15, -0.1) is 6.58 Å². The summed E-state index contributed by atoms with van der Waals surface area (Å²) in [6, 6.07) is 18.6. The fraction of sp³-hybridized carbons (Fsp3) is 0.182. The highest BCUT2D eigenvalue weighted by atomic mass is 16.5. The predicted molar refractivity (Wildman–Crippen MR) is 103 cm³/mol. The summed E-state index contributed by atoms with van der Waals surface area (Å²) in [5.74, 6) is 0.873. The number of hydrogen-bond acceptors (Lipinski definition) is 2. The van der Waals surface area contributed by atoms with Crippen molar-refractivity contribution in [3.8, 4) is 5.75 Å². The SMILES string of the molecule is C=CCOc1ccc(CN(CC=C)C/C=C/c2ccccc2)cc1. The summed E-state index contributed by atoms with van der Waals surface area (Å²) >= 11 is 0. The van der Waals surface area contributed by atoms with E-state index in [-0.39, 0.29) is 0 Å². The van der Waals surface area contributed by atoms with Crippen LogP contribution in [0.2, 0.25) is 0 Å². The highest BCUT2D eigenvalue weighted by Crippen LogP contribution is 2.14. The Morgan fingerprint density at radius 2 is 1.62 bits per heavy atom. The average molecular weight is 319 g/mol. The molecule has 0 saturated heterocycles. The third-order valence-corrected chi connectivity index (χ3v) is 3.56. The van der Waals surface area contributed by atoms with Crippen LogP contribution in [0.1, 0.15) is 11.1 Å². The Morgan fingerprint density at radius 1 is 0.875 bits per heavy atom. The Kier molecular flexibility index (Phi) is 7.58. The van der Waals surface area contributed by atoms with Crippen LogP contribution in [0.15, 0.2) is 86.0 Å². The quantitative estimate of drug-likeness (QED) is 0.574. The Bertz CT molecular complexity index is 643. The molecular weight excluding hydrogens is 294 g/mol. The number of hydrogen-bond donors (Lipinski definition) is 0. The van der Waals surface area contributed by atoms with Gasteiger partial charge in [-0.25, -0.2) is 0 Å². The van der Waals surface area contributed by atoms with Gasteiger partial charge in [0, 0.05) is 19.6 Å².